The number of ether oxygens (including phenoxy) is 2. The summed E-state index contributed by atoms with van der Waals surface area (Å²) in [5, 5.41) is 14.3. The first-order chi connectivity index (χ1) is 16.4. The van der Waals surface area contributed by atoms with Crippen LogP contribution in [0.5, 0.6) is 5.75 Å². The van der Waals surface area contributed by atoms with Crippen LogP contribution < -0.4 is 21.3 Å². The fourth-order valence-corrected chi connectivity index (χ4v) is 4.46. The molecule has 5 rings (SSSR count). The first kappa shape index (κ1) is 22.1. The highest BCUT2D eigenvalue weighted by Crippen LogP contribution is 2.38. The molecule has 34 heavy (non-hydrogen) atoms. The van der Waals surface area contributed by atoms with Gasteiger partial charge in [-0.3, -0.25) is 4.79 Å². The summed E-state index contributed by atoms with van der Waals surface area (Å²) >= 11 is 0. The molecule has 0 fully saturated rings. The molecule has 1 aromatic carbocycles. The van der Waals surface area contributed by atoms with Crippen LogP contribution >= 0.6 is 0 Å². The van der Waals surface area contributed by atoms with Gasteiger partial charge < -0.3 is 30.2 Å². The maximum absolute atomic E-state index is 13.2. The van der Waals surface area contributed by atoms with Crippen molar-refractivity contribution < 1.29 is 24.2 Å². The van der Waals surface area contributed by atoms with Gasteiger partial charge in [0.1, 0.15) is 12.4 Å². The first-order valence-electron chi connectivity index (χ1n) is 11.1. The van der Waals surface area contributed by atoms with Crippen LogP contribution in [-0.4, -0.2) is 39.8 Å². The Morgan fingerprint density at radius 3 is 2.91 bits per heavy atom. The van der Waals surface area contributed by atoms with Crippen LogP contribution in [0.3, 0.4) is 0 Å². The maximum Gasteiger partial charge on any atom is 0.412 e. The average molecular weight is 464 g/mol. The number of esters is 1. The number of pyridine rings is 2. The molecule has 0 aliphatic carbocycles. The second-order valence-electron chi connectivity index (χ2n) is 8.41. The smallest absolute Gasteiger partial charge is 0.412 e. The van der Waals surface area contributed by atoms with Crippen LogP contribution in [0.4, 0.5) is 4.79 Å². The molecule has 3 aromatic rings. The molecule has 0 saturated carbocycles. The number of nitrogens with two attached hydrogens (primary N) is 1. The SMILES string of the molecule is CC[C@@]1(O)C(=O)OCc2c1cc1n(c2=O)Cc2cc3cc(OC(=O)NCCCN)ccc3nc2-1. The topological polar surface area (TPSA) is 146 Å². The fourth-order valence-electron chi connectivity index (χ4n) is 4.46. The van der Waals surface area contributed by atoms with Crippen LogP contribution in [0.25, 0.3) is 22.3 Å². The van der Waals surface area contributed by atoms with E-state index in [0.717, 1.165) is 10.9 Å². The van der Waals surface area contributed by atoms with E-state index in [1.165, 1.54) is 0 Å². The number of nitrogens with zero attached hydrogens (tertiary/aromatic N) is 2. The number of hydrogen-bond acceptors (Lipinski definition) is 8. The zero-order valence-corrected chi connectivity index (χ0v) is 18.6. The van der Waals surface area contributed by atoms with Gasteiger partial charge in [-0.05, 0) is 49.7 Å². The van der Waals surface area contributed by atoms with Gasteiger partial charge in [0.15, 0.2) is 5.60 Å². The number of amides is 1. The van der Waals surface area contributed by atoms with Gasteiger partial charge in [0.25, 0.3) is 5.56 Å². The quantitative estimate of drug-likeness (QED) is 0.298. The number of fused-ring (bicyclic) bond motifs is 5. The lowest BCUT2D eigenvalue weighted by Crippen LogP contribution is -2.44. The Kier molecular flexibility index (Phi) is 5.34. The monoisotopic (exact) mass is 464 g/mol. The molecule has 10 heteroatoms. The van der Waals surface area contributed by atoms with E-state index in [4.69, 9.17) is 20.2 Å². The molecule has 2 aliphatic heterocycles. The number of benzene rings is 1. The number of aliphatic hydroxyl groups is 1. The molecule has 2 aromatic heterocycles. The minimum Gasteiger partial charge on any atom is -0.458 e. The van der Waals surface area contributed by atoms with Crippen molar-refractivity contribution in [3.05, 3.63) is 57.4 Å². The molecule has 1 amide bonds. The molecule has 0 bridgehead atoms. The molecule has 0 spiro atoms. The largest absolute Gasteiger partial charge is 0.458 e. The first-order valence-corrected chi connectivity index (χ1v) is 11.1. The van der Waals surface area contributed by atoms with Crippen molar-refractivity contribution in [2.24, 2.45) is 5.73 Å². The van der Waals surface area contributed by atoms with E-state index >= 15 is 0 Å². The molecule has 2 aliphatic rings. The van der Waals surface area contributed by atoms with Crippen molar-refractivity contribution in [2.45, 2.75) is 38.5 Å². The van der Waals surface area contributed by atoms with Gasteiger partial charge in [0.05, 0.1) is 29.0 Å². The van der Waals surface area contributed by atoms with Gasteiger partial charge in [-0.2, -0.15) is 0 Å². The molecule has 0 saturated heterocycles. The molecular weight excluding hydrogens is 440 g/mol. The average Bonchev–Trinajstić information content (AvgIpc) is 3.18. The molecule has 4 heterocycles. The summed E-state index contributed by atoms with van der Waals surface area (Å²) in [5.41, 5.74) is 6.42. The summed E-state index contributed by atoms with van der Waals surface area (Å²) in [6, 6.07) is 8.66. The van der Waals surface area contributed by atoms with Crippen molar-refractivity contribution >= 4 is 23.0 Å². The van der Waals surface area contributed by atoms with E-state index in [0.29, 0.717) is 48.7 Å². The number of carbonyl (C=O) groups is 2. The normalized spacial score (nSPS) is 18.1. The summed E-state index contributed by atoms with van der Waals surface area (Å²) in [4.78, 5) is 42.2. The van der Waals surface area contributed by atoms with Gasteiger partial charge in [-0.25, -0.2) is 14.6 Å². The predicted molar refractivity (Wildman–Crippen MR) is 122 cm³/mol. The Balaban J connectivity index is 1.52. The van der Waals surface area contributed by atoms with Crippen LogP contribution in [0.2, 0.25) is 0 Å². The van der Waals surface area contributed by atoms with E-state index in [1.807, 2.05) is 6.07 Å². The van der Waals surface area contributed by atoms with Crippen molar-refractivity contribution in [1.29, 1.82) is 0 Å². The van der Waals surface area contributed by atoms with Crippen LogP contribution in [0, 0.1) is 0 Å². The standard InChI is InChI=1S/C24H24N4O6/c1-2-24(32)17-10-19-20-14(11-28(19)21(29)16(17)12-33-22(24)30)8-13-9-15(4-5-18(13)27-20)34-23(31)26-7-3-6-25/h4-5,8-10,32H,2-3,6-7,11-12,25H2,1H3,(H,26,31)/t24-/m0/s1. The molecule has 176 valence electrons. The minimum atomic E-state index is -1.86. The third kappa shape index (κ3) is 3.42. The lowest BCUT2D eigenvalue weighted by molar-refractivity contribution is -0.172. The summed E-state index contributed by atoms with van der Waals surface area (Å²) in [5.74, 6) is -0.387. The Morgan fingerprint density at radius 1 is 1.32 bits per heavy atom. The molecule has 1 atom stereocenters. The van der Waals surface area contributed by atoms with Crippen molar-refractivity contribution in [2.75, 3.05) is 13.1 Å². The van der Waals surface area contributed by atoms with Crippen LogP contribution in [0.15, 0.2) is 35.1 Å². The zero-order chi connectivity index (χ0) is 24.0. The van der Waals surface area contributed by atoms with Gasteiger partial charge >= 0.3 is 12.1 Å². The van der Waals surface area contributed by atoms with Crippen molar-refractivity contribution in [1.82, 2.24) is 14.9 Å². The highest BCUT2D eigenvalue weighted by molar-refractivity contribution is 5.87. The van der Waals surface area contributed by atoms with Gasteiger partial charge in [0.2, 0.25) is 0 Å². The van der Waals surface area contributed by atoms with Gasteiger partial charge in [0, 0.05) is 23.1 Å². The van der Waals surface area contributed by atoms with E-state index in [1.54, 1.807) is 35.8 Å². The third-order valence-electron chi connectivity index (χ3n) is 6.34. The Bertz CT molecular complexity index is 1400. The molecule has 10 nitrogen and oxygen atoms in total. The summed E-state index contributed by atoms with van der Waals surface area (Å²) in [6.45, 7) is 2.69. The highest BCUT2D eigenvalue weighted by atomic mass is 16.6. The zero-order valence-electron chi connectivity index (χ0n) is 18.6. The minimum absolute atomic E-state index is 0.0856. The lowest BCUT2D eigenvalue weighted by atomic mass is 9.86. The van der Waals surface area contributed by atoms with Crippen molar-refractivity contribution in [3.63, 3.8) is 0 Å². The van der Waals surface area contributed by atoms with Crippen LogP contribution in [0.1, 0.15) is 36.5 Å². The number of carbonyl (C=O) groups excluding carboxylic acids is 2. The summed E-state index contributed by atoms with van der Waals surface area (Å²) in [6.07, 6.45) is 0.177. The Labute approximate surface area is 194 Å². The number of hydrogen-bond donors (Lipinski definition) is 3. The van der Waals surface area contributed by atoms with Crippen molar-refractivity contribution in [3.8, 4) is 17.1 Å². The molecule has 4 N–H and O–H groups in total. The number of aromatic nitrogens is 2. The van der Waals surface area contributed by atoms with Gasteiger partial charge in [-0.15, -0.1) is 0 Å². The molecule has 0 radical (unpaired) electrons. The second-order valence-corrected chi connectivity index (χ2v) is 8.41. The lowest BCUT2D eigenvalue weighted by Gasteiger charge is -2.31. The van der Waals surface area contributed by atoms with E-state index < -0.39 is 17.7 Å². The van der Waals surface area contributed by atoms with E-state index in [-0.39, 0.29) is 29.7 Å². The highest BCUT2D eigenvalue weighted by Gasteiger charge is 2.45. The Morgan fingerprint density at radius 2 is 2.15 bits per heavy atom. The maximum atomic E-state index is 13.2. The summed E-state index contributed by atoms with van der Waals surface area (Å²) < 4.78 is 12.0. The summed E-state index contributed by atoms with van der Waals surface area (Å²) in [7, 11) is 0. The second kappa shape index (κ2) is 8.23. The molecule has 0 unspecified atom stereocenters. The molecular formula is C24H24N4O6. The van der Waals surface area contributed by atoms with E-state index in [2.05, 4.69) is 5.32 Å². The van der Waals surface area contributed by atoms with Gasteiger partial charge in [-0.1, -0.05) is 6.92 Å². The Hall–Kier alpha value is -3.76. The van der Waals surface area contributed by atoms with Crippen LogP contribution in [-0.2, 0) is 28.3 Å². The van der Waals surface area contributed by atoms with E-state index in [9.17, 15) is 19.5 Å². The number of cyclic esters (lactones) is 1. The number of nitrogens with one attached hydrogen (secondary N) is 1. The fraction of sp³-hybridized carbons (Fsp3) is 0.333. The predicted octanol–water partition coefficient (Wildman–Crippen LogP) is 1.52. The third-order valence-corrected chi connectivity index (χ3v) is 6.34. The number of rotatable bonds is 5.